The molecule has 0 saturated heterocycles. The predicted molar refractivity (Wildman–Crippen MR) is 64.9 cm³/mol. The smallest absolute Gasteiger partial charge is 0.144 e. The average Bonchev–Trinajstić information content (AvgIpc) is 2.06. The summed E-state index contributed by atoms with van der Waals surface area (Å²) in [6.07, 6.45) is 1.57. The van der Waals surface area contributed by atoms with Gasteiger partial charge in [0.15, 0.2) is 0 Å². The lowest BCUT2D eigenvalue weighted by Gasteiger charge is -2.17. The first-order valence-corrected chi connectivity index (χ1v) is 5.92. The molecular weight excluding hydrogens is 262 g/mol. The SMILES string of the molecule is CNc1ncnc(SC(C)(C)C)c1Br. The first-order chi connectivity index (χ1) is 6.44. The van der Waals surface area contributed by atoms with Crippen molar-refractivity contribution < 1.29 is 0 Å². The van der Waals surface area contributed by atoms with Crippen molar-refractivity contribution in [1.82, 2.24) is 9.97 Å². The fourth-order valence-corrected chi connectivity index (χ4v) is 2.40. The number of aromatic nitrogens is 2. The summed E-state index contributed by atoms with van der Waals surface area (Å²) in [4.78, 5) is 8.34. The van der Waals surface area contributed by atoms with Crippen LogP contribution in [-0.4, -0.2) is 21.8 Å². The van der Waals surface area contributed by atoms with E-state index in [1.807, 2.05) is 7.05 Å². The summed E-state index contributed by atoms with van der Waals surface area (Å²) < 4.78 is 1.09. The molecule has 78 valence electrons. The molecule has 0 atom stereocenters. The van der Waals surface area contributed by atoms with Crippen LogP contribution in [0.1, 0.15) is 20.8 Å². The average molecular weight is 276 g/mol. The van der Waals surface area contributed by atoms with E-state index in [0.29, 0.717) is 0 Å². The maximum atomic E-state index is 4.24. The lowest BCUT2D eigenvalue weighted by atomic mass is 10.3. The molecule has 1 aromatic heterocycles. The quantitative estimate of drug-likeness (QED) is 0.665. The van der Waals surface area contributed by atoms with E-state index in [0.717, 1.165) is 15.3 Å². The second kappa shape index (κ2) is 4.49. The molecule has 0 radical (unpaired) electrons. The van der Waals surface area contributed by atoms with Gasteiger partial charge in [-0.2, -0.15) is 0 Å². The van der Waals surface area contributed by atoms with Gasteiger partial charge < -0.3 is 5.32 Å². The Balaban J connectivity index is 2.98. The fraction of sp³-hybridized carbons (Fsp3) is 0.556. The standard InChI is InChI=1S/C9H14BrN3S/c1-9(2,3)14-8-6(10)7(11-4)12-5-13-8/h5H,1-4H3,(H,11,12,13). The molecule has 1 rings (SSSR count). The lowest BCUT2D eigenvalue weighted by Crippen LogP contribution is -2.08. The van der Waals surface area contributed by atoms with E-state index in [1.165, 1.54) is 0 Å². The van der Waals surface area contributed by atoms with Crippen molar-refractivity contribution in [1.29, 1.82) is 0 Å². The van der Waals surface area contributed by atoms with Gasteiger partial charge in [-0.1, -0.05) is 32.5 Å². The Labute approximate surface area is 97.2 Å². The summed E-state index contributed by atoms with van der Waals surface area (Å²) in [7, 11) is 1.85. The van der Waals surface area contributed by atoms with Gasteiger partial charge in [0.05, 0.1) is 4.47 Å². The van der Waals surface area contributed by atoms with Crippen molar-refractivity contribution in [3.8, 4) is 0 Å². The Morgan fingerprint density at radius 1 is 1.36 bits per heavy atom. The molecule has 5 heteroatoms. The largest absolute Gasteiger partial charge is 0.372 e. The van der Waals surface area contributed by atoms with E-state index in [9.17, 15) is 0 Å². The van der Waals surface area contributed by atoms with Crippen LogP contribution >= 0.6 is 27.7 Å². The highest BCUT2D eigenvalue weighted by molar-refractivity contribution is 9.10. The third kappa shape index (κ3) is 3.13. The van der Waals surface area contributed by atoms with Crippen LogP contribution in [0.2, 0.25) is 0 Å². The second-order valence-corrected chi connectivity index (χ2v) is 6.41. The third-order valence-corrected chi connectivity index (χ3v) is 3.53. The molecule has 1 N–H and O–H groups in total. The number of nitrogens with zero attached hydrogens (tertiary/aromatic N) is 2. The topological polar surface area (TPSA) is 37.8 Å². The number of hydrogen-bond acceptors (Lipinski definition) is 4. The van der Waals surface area contributed by atoms with Crippen LogP contribution in [0.5, 0.6) is 0 Å². The molecule has 0 aliphatic heterocycles. The minimum absolute atomic E-state index is 0.155. The van der Waals surface area contributed by atoms with E-state index >= 15 is 0 Å². The van der Waals surface area contributed by atoms with Gasteiger partial charge in [-0.25, -0.2) is 9.97 Å². The zero-order valence-corrected chi connectivity index (χ0v) is 11.2. The molecule has 0 fully saturated rings. The van der Waals surface area contributed by atoms with E-state index in [2.05, 4.69) is 52.0 Å². The van der Waals surface area contributed by atoms with Gasteiger partial charge in [0.1, 0.15) is 17.2 Å². The minimum Gasteiger partial charge on any atom is -0.372 e. The van der Waals surface area contributed by atoms with Gasteiger partial charge in [0.25, 0.3) is 0 Å². The molecule has 0 aromatic carbocycles. The van der Waals surface area contributed by atoms with Crippen molar-refractivity contribution in [3.63, 3.8) is 0 Å². The van der Waals surface area contributed by atoms with Gasteiger partial charge in [-0.05, 0) is 15.9 Å². The van der Waals surface area contributed by atoms with Crippen molar-refractivity contribution in [2.75, 3.05) is 12.4 Å². The van der Waals surface area contributed by atoms with Crippen LogP contribution < -0.4 is 5.32 Å². The molecule has 0 unspecified atom stereocenters. The predicted octanol–water partition coefficient (Wildman–Crippen LogP) is 3.17. The van der Waals surface area contributed by atoms with E-state index in [-0.39, 0.29) is 4.75 Å². The Bertz CT molecular complexity index is 322. The monoisotopic (exact) mass is 275 g/mol. The van der Waals surface area contributed by atoms with Crippen molar-refractivity contribution in [2.45, 2.75) is 30.5 Å². The third-order valence-electron chi connectivity index (χ3n) is 1.40. The van der Waals surface area contributed by atoms with Gasteiger partial charge in [0, 0.05) is 11.8 Å². The Morgan fingerprint density at radius 2 is 2.00 bits per heavy atom. The Kier molecular flexibility index (Phi) is 3.78. The first kappa shape index (κ1) is 11.8. The summed E-state index contributed by atoms with van der Waals surface area (Å²) >= 11 is 5.20. The second-order valence-electron chi connectivity index (χ2n) is 3.81. The minimum atomic E-state index is 0.155. The number of halogens is 1. The van der Waals surface area contributed by atoms with Crippen LogP contribution in [0.4, 0.5) is 5.82 Å². The van der Waals surface area contributed by atoms with E-state index in [1.54, 1.807) is 18.1 Å². The molecule has 0 aliphatic carbocycles. The number of hydrogen-bond donors (Lipinski definition) is 1. The summed E-state index contributed by atoms with van der Waals surface area (Å²) in [5.74, 6) is 0.826. The molecule has 1 aromatic rings. The Hall–Kier alpha value is -0.290. The van der Waals surface area contributed by atoms with Gasteiger partial charge in [-0.15, -0.1) is 0 Å². The number of thioether (sulfide) groups is 1. The van der Waals surface area contributed by atoms with Crippen LogP contribution in [0.15, 0.2) is 15.8 Å². The number of rotatable bonds is 2. The number of anilines is 1. The van der Waals surface area contributed by atoms with Gasteiger partial charge in [-0.3, -0.25) is 0 Å². The van der Waals surface area contributed by atoms with Crippen molar-refractivity contribution in [3.05, 3.63) is 10.8 Å². The maximum absolute atomic E-state index is 4.24. The van der Waals surface area contributed by atoms with Crippen LogP contribution in [0.25, 0.3) is 0 Å². The zero-order valence-electron chi connectivity index (χ0n) is 8.76. The van der Waals surface area contributed by atoms with Crippen molar-refractivity contribution >= 4 is 33.5 Å². The normalized spacial score (nSPS) is 11.5. The molecule has 14 heavy (non-hydrogen) atoms. The molecule has 0 saturated carbocycles. The van der Waals surface area contributed by atoms with E-state index < -0.39 is 0 Å². The van der Waals surface area contributed by atoms with Crippen LogP contribution in [0, 0.1) is 0 Å². The summed E-state index contributed by atoms with van der Waals surface area (Å²) in [6, 6.07) is 0. The molecule has 0 amide bonds. The summed E-state index contributed by atoms with van der Waals surface area (Å²) in [5.41, 5.74) is 0. The molecule has 3 nitrogen and oxygen atoms in total. The molecule has 0 spiro atoms. The van der Waals surface area contributed by atoms with Crippen LogP contribution in [0.3, 0.4) is 0 Å². The first-order valence-electron chi connectivity index (χ1n) is 4.31. The molecule has 0 aliphatic rings. The van der Waals surface area contributed by atoms with Gasteiger partial charge >= 0.3 is 0 Å². The molecule has 1 heterocycles. The van der Waals surface area contributed by atoms with Gasteiger partial charge in [0.2, 0.25) is 0 Å². The highest BCUT2D eigenvalue weighted by atomic mass is 79.9. The lowest BCUT2D eigenvalue weighted by molar-refractivity contribution is 0.797. The molecular formula is C9H14BrN3S. The molecule has 0 bridgehead atoms. The highest BCUT2D eigenvalue weighted by Gasteiger charge is 2.17. The summed E-state index contributed by atoms with van der Waals surface area (Å²) in [6.45, 7) is 6.47. The highest BCUT2D eigenvalue weighted by Crippen LogP contribution is 2.36. The fourth-order valence-electron chi connectivity index (χ4n) is 0.889. The maximum Gasteiger partial charge on any atom is 0.144 e. The van der Waals surface area contributed by atoms with E-state index in [4.69, 9.17) is 0 Å². The van der Waals surface area contributed by atoms with Crippen LogP contribution in [-0.2, 0) is 0 Å². The number of nitrogens with one attached hydrogen (secondary N) is 1. The van der Waals surface area contributed by atoms with Crippen molar-refractivity contribution in [2.24, 2.45) is 0 Å². The Morgan fingerprint density at radius 3 is 2.50 bits per heavy atom. The summed E-state index contributed by atoms with van der Waals surface area (Å²) in [5, 5.41) is 3.98. The zero-order chi connectivity index (χ0) is 10.8.